The zero-order valence-corrected chi connectivity index (χ0v) is 43.3. The molecule has 8 rings (SSSR count). The van der Waals surface area contributed by atoms with Gasteiger partial charge >= 0.3 is 30.4 Å². The molecule has 0 aliphatic heterocycles. The number of benzene rings is 4. The summed E-state index contributed by atoms with van der Waals surface area (Å²) in [6, 6.07) is 16.3. The number of aromatic amines is 3. The maximum atomic E-state index is 13.6. The van der Waals surface area contributed by atoms with Gasteiger partial charge in [-0.3, -0.25) is 19.6 Å². The van der Waals surface area contributed by atoms with E-state index in [-0.39, 0.29) is 131 Å². The van der Waals surface area contributed by atoms with E-state index in [0.29, 0.717) is 29.7 Å². The van der Waals surface area contributed by atoms with Crippen LogP contribution in [0.5, 0.6) is 0 Å². The molecule has 0 saturated carbocycles. The number of alkyl halides is 12. The Bertz CT molecular complexity index is 3250. The van der Waals surface area contributed by atoms with Gasteiger partial charge in [-0.05, 0) is 108 Å². The number of halogens is 14. The van der Waals surface area contributed by atoms with E-state index in [4.69, 9.17) is 28.9 Å². The molecule has 384 valence electrons. The van der Waals surface area contributed by atoms with Crippen molar-refractivity contribution in [1.82, 2.24) is 19.9 Å². The maximum Gasteiger partial charge on any atom is 0.417 e. The van der Waals surface area contributed by atoms with E-state index in [1.54, 1.807) is 12.2 Å². The number of nitrogens with zero attached hydrogens (tertiary/aromatic N) is 1. The minimum atomic E-state index is -4.60. The fraction of sp³-hybridized carbons (Fsp3) is 0.280. The molecule has 2 atom stereocenters. The largest absolute Gasteiger partial charge is 0.417 e. The predicted octanol–water partition coefficient (Wildman–Crippen LogP) is 13.7. The molecule has 2 aliphatic rings. The van der Waals surface area contributed by atoms with Gasteiger partial charge in [-0.2, -0.15) is 52.7 Å². The van der Waals surface area contributed by atoms with E-state index in [1.165, 1.54) is 48.5 Å². The monoisotopic (exact) mass is 1290 g/mol. The van der Waals surface area contributed by atoms with Crippen molar-refractivity contribution in [2.45, 2.75) is 87.9 Å². The van der Waals surface area contributed by atoms with Crippen LogP contribution in [-0.2, 0) is 37.5 Å². The topological polar surface area (TPSA) is 137 Å². The van der Waals surface area contributed by atoms with Gasteiger partial charge in [0.15, 0.2) is 0 Å². The first kappa shape index (κ1) is 56.8. The van der Waals surface area contributed by atoms with E-state index < -0.39 is 69.7 Å². The van der Waals surface area contributed by atoms with E-state index in [1.807, 2.05) is 0 Å². The van der Waals surface area contributed by atoms with E-state index in [2.05, 4.69) is 19.9 Å². The SMILES string of the molecule is Nc1nc(C2CC=C(c3ccc(Cl)cc3C(F)(F)F)CC2)c(Cc2cccc(C(F)(F)F)c2)c(=O)[nH]1.O=c1[nH]c(C2CC=C(c3ccc(Cl)cc3C(F)(F)F)CC2)c(Cc2cccc(C(F)(F)F)c2)c(=O)[nH]1.[U]. The molecule has 0 saturated heterocycles. The Labute approximate surface area is 440 Å². The minimum Gasteiger partial charge on any atom is -0.369 e. The van der Waals surface area contributed by atoms with Crippen molar-refractivity contribution in [3.63, 3.8) is 0 Å². The quantitative estimate of drug-likeness (QED) is 0.113. The summed E-state index contributed by atoms with van der Waals surface area (Å²) in [6.07, 6.45) is -13.6. The summed E-state index contributed by atoms with van der Waals surface area (Å²) >= 11 is 11.5. The molecule has 0 radical (unpaired) electrons. The number of nitrogens with two attached hydrogens (primary N) is 1. The van der Waals surface area contributed by atoms with Crippen molar-refractivity contribution in [2.75, 3.05) is 5.73 Å². The summed E-state index contributed by atoms with van der Waals surface area (Å²) in [4.78, 5) is 48.7. The van der Waals surface area contributed by atoms with Crippen LogP contribution < -0.4 is 22.5 Å². The molecular weight excluding hydrogens is 1260 g/mol. The summed E-state index contributed by atoms with van der Waals surface area (Å²) in [5, 5.41) is -0.0662. The third kappa shape index (κ3) is 14.0. The second-order valence-electron chi connectivity index (χ2n) is 17.1. The van der Waals surface area contributed by atoms with Crippen molar-refractivity contribution < 1.29 is 83.8 Å². The van der Waals surface area contributed by atoms with Gasteiger partial charge in [0.25, 0.3) is 11.1 Å². The molecule has 0 fully saturated rings. The third-order valence-electron chi connectivity index (χ3n) is 12.3. The average molecular weight is 1290 g/mol. The minimum absolute atomic E-state index is 0. The molecule has 5 N–H and O–H groups in total. The van der Waals surface area contributed by atoms with Crippen LogP contribution >= 0.6 is 23.2 Å². The smallest absolute Gasteiger partial charge is 0.369 e. The van der Waals surface area contributed by atoms with Gasteiger partial charge in [-0.15, -0.1) is 0 Å². The fourth-order valence-corrected chi connectivity index (χ4v) is 9.29. The van der Waals surface area contributed by atoms with Gasteiger partial charge < -0.3 is 10.7 Å². The van der Waals surface area contributed by atoms with Crippen LogP contribution in [0.4, 0.5) is 58.6 Å². The van der Waals surface area contributed by atoms with Crippen LogP contribution in [0.25, 0.3) is 11.1 Å². The van der Waals surface area contributed by atoms with Crippen LogP contribution in [0, 0.1) is 31.1 Å². The van der Waals surface area contributed by atoms with Gasteiger partial charge in [-0.25, -0.2) is 9.78 Å². The summed E-state index contributed by atoms with van der Waals surface area (Å²) in [5.74, 6) is -0.901. The normalized spacial score (nSPS) is 16.4. The van der Waals surface area contributed by atoms with Gasteiger partial charge in [0.05, 0.1) is 27.9 Å². The van der Waals surface area contributed by atoms with Crippen molar-refractivity contribution >= 4 is 40.3 Å². The number of aromatic nitrogens is 4. The number of anilines is 1. The molecule has 0 bridgehead atoms. The zero-order chi connectivity index (χ0) is 52.5. The average Bonchev–Trinajstić information content (AvgIpc) is 3.30. The molecule has 0 amide bonds. The summed E-state index contributed by atoms with van der Waals surface area (Å²) in [6.45, 7) is 0. The number of allylic oxidation sites excluding steroid dienone is 4. The first-order valence-corrected chi connectivity index (χ1v) is 22.6. The van der Waals surface area contributed by atoms with Crippen molar-refractivity contribution in [2.24, 2.45) is 0 Å². The first-order valence-electron chi connectivity index (χ1n) is 21.8. The molecule has 4 aromatic carbocycles. The molecular formula is C50H39Cl2F12N5O3U. The summed E-state index contributed by atoms with van der Waals surface area (Å²) in [7, 11) is 0. The Kier molecular flexibility index (Phi) is 17.5. The Hall–Kier alpha value is -5.49. The zero-order valence-electron chi connectivity index (χ0n) is 37.6. The standard InChI is InChI=1S/C25H20ClF6N3O.C25H19ClF6N2O2.U/c26-17-8-9-18(20(12-17)25(30,31)32)14-4-6-15(7-5-14)21-19(22(36)35-23(33)34-21)11-13-2-1-3-16(10-13)24(27,28)29;26-17-8-9-18(20(12-17)25(30,31)32)14-4-6-15(7-5-14)21-19(22(35)34-23(36)33-21)11-13-2-1-3-16(10-13)24(27,28)29;/h1-4,8-10,12,15H,5-7,11H2,(H3,33,34,35,36);1-4,8-10,12,15H,5-7,11H2,(H2,33,34,35,36);. The molecule has 6 aromatic rings. The van der Waals surface area contributed by atoms with E-state index in [9.17, 15) is 67.1 Å². The van der Waals surface area contributed by atoms with E-state index in [0.717, 1.165) is 36.4 Å². The Morgan fingerprint density at radius 1 is 0.562 bits per heavy atom. The number of hydrogen-bond acceptors (Lipinski definition) is 5. The van der Waals surface area contributed by atoms with Crippen molar-refractivity contribution in [1.29, 1.82) is 0 Å². The fourth-order valence-electron chi connectivity index (χ4n) is 8.95. The molecule has 0 spiro atoms. The molecule has 2 aromatic heterocycles. The van der Waals surface area contributed by atoms with Crippen molar-refractivity contribution in [3.05, 3.63) is 205 Å². The first-order chi connectivity index (χ1) is 33.6. The Morgan fingerprint density at radius 3 is 1.45 bits per heavy atom. The maximum absolute atomic E-state index is 13.6. The van der Waals surface area contributed by atoms with E-state index >= 15 is 0 Å². The molecule has 73 heavy (non-hydrogen) atoms. The number of H-pyrrole nitrogens is 3. The van der Waals surface area contributed by atoms with Crippen LogP contribution in [0.3, 0.4) is 0 Å². The predicted molar refractivity (Wildman–Crippen MR) is 247 cm³/mol. The van der Waals surface area contributed by atoms with Crippen LogP contribution in [-0.4, -0.2) is 19.9 Å². The van der Waals surface area contributed by atoms with Gasteiger partial charge in [-0.1, -0.05) is 83.9 Å². The number of rotatable bonds is 8. The molecule has 8 nitrogen and oxygen atoms in total. The third-order valence-corrected chi connectivity index (χ3v) is 12.8. The molecule has 2 unspecified atom stereocenters. The van der Waals surface area contributed by atoms with Gasteiger partial charge in [0, 0.05) is 82.7 Å². The van der Waals surface area contributed by atoms with Crippen LogP contribution in [0.2, 0.25) is 10.0 Å². The Balaban J connectivity index is 0.000000235. The molecule has 2 aliphatic carbocycles. The molecule has 2 heterocycles. The number of hydrogen-bond donors (Lipinski definition) is 4. The molecule has 23 heteroatoms. The summed E-state index contributed by atoms with van der Waals surface area (Å²) in [5.41, 5.74) is 2.67. The van der Waals surface area contributed by atoms with Crippen LogP contribution in [0.1, 0.15) is 117 Å². The van der Waals surface area contributed by atoms with Gasteiger partial charge in [0.2, 0.25) is 5.95 Å². The van der Waals surface area contributed by atoms with Crippen LogP contribution in [0.15, 0.2) is 111 Å². The second kappa shape index (κ2) is 22.5. The number of nitrogens with one attached hydrogen (secondary N) is 3. The van der Waals surface area contributed by atoms with Crippen molar-refractivity contribution in [3.8, 4) is 0 Å². The van der Waals surface area contributed by atoms with Gasteiger partial charge in [0.1, 0.15) is 0 Å². The Morgan fingerprint density at radius 2 is 1.01 bits per heavy atom. The summed E-state index contributed by atoms with van der Waals surface area (Å²) < 4.78 is 160. The second-order valence-corrected chi connectivity index (χ2v) is 18.0. The number of nitrogen functional groups attached to an aromatic ring is 1.